The Morgan fingerprint density at radius 1 is 1.25 bits per heavy atom. The van der Waals surface area contributed by atoms with Crippen molar-refractivity contribution < 1.29 is 14.3 Å². The van der Waals surface area contributed by atoms with Crippen LogP contribution in [0, 0.1) is 0 Å². The maximum Gasteiger partial charge on any atom is 0.338 e. The number of nitrogens with one attached hydrogen (secondary N) is 1. The zero-order valence-corrected chi connectivity index (χ0v) is 13.5. The second-order valence-electron chi connectivity index (χ2n) is 5.50. The van der Waals surface area contributed by atoms with Crippen molar-refractivity contribution in [3.63, 3.8) is 0 Å². The Labute approximate surface area is 140 Å². The molecule has 0 aliphatic carbocycles. The second kappa shape index (κ2) is 7.12. The first-order valence-corrected chi connectivity index (χ1v) is 7.93. The predicted octanol–water partition coefficient (Wildman–Crippen LogP) is 2.26. The lowest BCUT2D eigenvalue weighted by atomic mass is 10.2. The molecule has 2 aromatic rings. The van der Waals surface area contributed by atoms with Crippen LogP contribution in [0.3, 0.4) is 0 Å². The van der Waals surface area contributed by atoms with Crippen LogP contribution in [0.2, 0.25) is 0 Å². The van der Waals surface area contributed by atoms with Gasteiger partial charge >= 0.3 is 5.97 Å². The fraction of sp³-hybridized carbons (Fsp3) is 0.278. The van der Waals surface area contributed by atoms with E-state index in [1.165, 1.54) is 5.56 Å². The molecule has 6 heteroatoms. The maximum atomic E-state index is 12.2. The molecule has 2 heterocycles. The number of anilines is 2. The minimum absolute atomic E-state index is 0.114. The molecule has 0 saturated heterocycles. The zero-order chi connectivity index (χ0) is 16.9. The lowest BCUT2D eigenvalue weighted by molar-refractivity contribution is -0.115. The molecular formula is C18H19N3O3. The Morgan fingerprint density at radius 2 is 2.04 bits per heavy atom. The molecule has 1 aromatic heterocycles. The summed E-state index contributed by atoms with van der Waals surface area (Å²) in [6, 6.07) is 10.6. The number of fused-ring (bicyclic) bond motifs is 1. The number of benzene rings is 1. The summed E-state index contributed by atoms with van der Waals surface area (Å²) < 4.78 is 4.93. The molecule has 3 rings (SSSR count). The van der Waals surface area contributed by atoms with Crippen LogP contribution >= 0.6 is 0 Å². The number of aromatic nitrogens is 1. The number of esters is 1. The van der Waals surface area contributed by atoms with Gasteiger partial charge < -0.3 is 15.0 Å². The summed E-state index contributed by atoms with van der Waals surface area (Å²) >= 11 is 0. The molecule has 1 amide bonds. The zero-order valence-electron chi connectivity index (χ0n) is 13.5. The third-order valence-corrected chi connectivity index (χ3v) is 3.83. The Morgan fingerprint density at radius 3 is 2.79 bits per heavy atom. The number of nitrogens with zero attached hydrogens (tertiary/aromatic N) is 2. The third-order valence-electron chi connectivity index (χ3n) is 3.83. The lowest BCUT2D eigenvalue weighted by Gasteiger charge is -2.17. The average Bonchev–Trinajstić information content (AvgIpc) is 2.99. The second-order valence-corrected chi connectivity index (χ2v) is 5.50. The first-order valence-electron chi connectivity index (χ1n) is 7.93. The fourth-order valence-electron chi connectivity index (χ4n) is 2.70. The number of hydrogen-bond acceptors (Lipinski definition) is 5. The van der Waals surface area contributed by atoms with Gasteiger partial charge in [0.25, 0.3) is 0 Å². The third kappa shape index (κ3) is 3.53. The van der Waals surface area contributed by atoms with Crippen molar-refractivity contribution in [2.24, 2.45) is 0 Å². The predicted molar refractivity (Wildman–Crippen MR) is 91.2 cm³/mol. The summed E-state index contributed by atoms with van der Waals surface area (Å²) in [5.41, 5.74) is 2.28. The van der Waals surface area contributed by atoms with E-state index < -0.39 is 0 Å². The normalized spacial score (nSPS) is 12.6. The van der Waals surface area contributed by atoms with Crippen LogP contribution in [-0.4, -0.2) is 36.6 Å². The van der Waals surface area contributed by atoms with E-state index in [-0.39, 0.29) is 18.4 Å². The highest BCUT2D eigenvalue weighted by atomic mass is 16.5. The van der Waals surface area contributed by atoms with E-state index in [9.17, 15) is 9.59 Å². The minimum atomic E-state index is -0.366. The summed E-state index contributed by atoms with van der Waals surface area (Å²) in [4.78, 5) is 30.1. The molecule has 6 nitrogen and oxygen atoms in total. The minimum Gasteiger partial charge on any atom is -0.462 e. The summed E-state index contributed by atoms with van der Waals surface area (Å²) in [6.45, 7) is 3.14. The average molecular weight is 325 g/mol. The number of carbonyl (C=O) groups excluding carboxylic acids is 2. The Kier molecular flexibility index (Phi) is 4.74. The van der Waals surface area contributed by atoms with Gasteiger partial charge in [-0.15, -0.1) is 0 Å². The first-order chi connectivity index (χ1) is 11.7. The molecule has 1 aromatic carbocycles. The maximum absolute atomic E-state index is 12.2. The number of ether oxygens (including phenoxy) is 1. The lowest BCUT2D eigenvalue weighted by Crippen LogP contribution is -2.32. The SMILES string of the molecule is CCOC(=O)c1ccc(NC(=O)CN2CCc3cccnc32)cc1. The molecule has 0 unspecified atom stereocenters. The van der Waals surface area contributed by atoms with E-state index in [4.69, 9.17) is 4.74 Å². The molecule has 0 saturated carbocycles. The summed E-state index contributed by atoms with van der Waals surface area (Å²) in [5.74, 6) is 0.401. The van der Waals surface area contributed by atoms with Gasteiger partial charge in [0.15, 0.2) is 0 Å². The van der Waals surface area contributed by atoms with Gasteiger partial charge in [-0.2, -0.15) is 0 Å². The van der Waals surface area contributed by atoms with Crippen molar-refractivity contribution >= 4 is 23.4 Å². The monoisotopic (exact) mass is 325 g/mol. The van der Waals surface area contributed by atoms with E-state index in [1.54, 1.807) is 37.4 Å². The summed E-state index contributed by atoms with van der Waals surface area (Å²) in [5, 5.41) is 2.84. The van der Waals surface area contributed by atoms with Crippen molar-refractivity contribution in [3.8, 4) is 0 Å². The van der Waals surface area contributed by atoms with E-state index in [1.807, 2.05) is 17.0 Å². The molecule has 0 fully saturated rings. The van der Waals surface area contributed by atoms with E-state index in [0.29, 0.717) is 17.9 Å². The smallest absolute Gasteiger partial charge is 0.338 e. The topological polar surface area (TPSA) is 71.5 Å². The highest BCUT2D eigenvalue weighted by molar-refractivity contribution is 5.95. The van der Waals surface area contributed by atoms with Crippen LogP contribution in [-0.2, 0) is 16.0 Å². The van der Waals surface area contributed by atoms with Gasteiger partial charge in [-0.3, -0.25) is 4.79 Å². The molecule has 0 bridgehead atoms. The van der Waals surface area contributed by atoms with Crippen molar-refractivity contribution in [1.29, 1.82) is 0 Å². The van der Waals surface area contributed by atoms with Gasteiger partial charge in [-0.05, 0) is 49.2 Å². The molecule has 1 N–H and O–H groups in total. The molecule has 0 atom stereocenters. The standard InChI is InChI=1S/C18H19N3O3/c1-2-24-18(23)14-5-7-15(8-6-14)20-16(22)12-21-11-9-13-4-3-10-19-17(13)21/h3-8,10H,2,9,11-12H2,1H3,(H,20,22). The number of amides is 1. The highest BCUT2D eigenvalue weighted by Gasteiger charge is 2.21. The summed E-state index contributed by atoms with van der Waals surface area (Å²) in [7, 11) is 0. The first kappa shape index (κ1) is 16.0. The molecule has 1 aliphatic rings. The van der Waals surface area contributed by atoms with Crippen LogP contribution in [0.1, 0.15) is 22.8 Å². The van der Waals surface area contributed by atoms with Gasteiger partial charge in [-0.1, -0.05) is 6.07 Å². The van der Waals surface area contributed by atoms with Gasteiger partial charge in [0.1, 0.15) is 5.82 Å². The van der Waals surface area contributed by atoms with Crippen molar-refractivity contribution in [3.05, 3.63) is 53.7 Å². The van der Waals surface area contributed by atoms with Gasteiger partial charge in [-0.25, -0.2) is 9.78 Å². The number of hydrogen-bond donors (Lipinski definition) is 1. The number of carbonyl (C=O) groups is 2. The van der Waals surface area contributed by atoms with Gasteiger partial charge in [0.05, 0.1) is 18.7 Å². The van der Waals surface area contributed by atoms with Crippen molar-refractivity contribution in [1.82, 2.24) is 4.98 Å². The largest absolute Gasteiger partial charge is 0.462 e. The van der Waals surface area contributed by atoms with Gasteiger partial charge in [0, 0.05) is 18.4 Å². The quantitative estimate of drug-likeness (QED) is 0.854. The van der Waals surface area contributed by atoms with Crippen molar-refractivity contribution in [2.45, 2.75) is 13.3 Å². The molecule has 24 heavy (non-hydrogen) atoms. The molecular weight excluding hydrogens is 306 g/mol. The highest BCUT2D eigenvalue weighted by Crippen LogP contribution is 2.24. The molecule has 1 aliphatic heterocycles. The van der Waals surface area contributed by atoms with Crippen LogP contribution in [0.15, 0.2) is 42.6 Å². The fourth-order valence-corrected chi connectivity index (χ4v) is 2.70. The van der Waals surface area contributed by atoms with E-state index in [2.05, 4.69) is 10.3 Å². The van der Waals surface area contributed by atoms with E-state index in [0.717, 1.165) is 18.8 Å². The van der Waals surface area contributed by atoms with Crippen LogP contribution in [0.4, 0.5) is 11.5 Å². The Balaban J connectivity index is 1.59. The Bertz CT molecular complexity index is 743. The number of rotatable bonds is 5. The molecule has 124 valence electrons. The number of pyridine rings is 1. The molecule has 0 spiro atoms. The molecule has 0 radical (unpaired) electrons. The Hall–Kier alpha value is -2.89. The van der Waals surface area contributed by atoms with E-state index >= 15 is 0 Å². The van der Waals surface area contributed by atoms with Crippen molar-refractivity contribution in [2.75, 3.05) is 29.9 Å². The van der Waals surface area contributed by atoms with Crippen LogP contribution in [0.25, 0.3) is 0 Å². The summed E-state index contributed by atoms with van der Waals surface area (Å²) in [6.07, 6.45) is 2.65. The van der Waals surface area contributed by atoms with Crippen LogP contribution in [0.5, 0.6) is 0 Å². The van der Waals surface area contributed by atoms with Crippen LogP contribution < -0.4 is 10.2 Å². The van der Waals surface area contributed by atoms with Gasteiger partial charge in [0.2, 0.25) is 5.91 Å².